The number of ether oxygens (including phenoxy) is 1. The molecule has 3 nitrogen and oxygen atoms in total. The lowest BCUT2D eigenvalue weighted by atomic mass is 10.1. The van der Waals surface area contributed by atoms with Gasteiger partial charge in [-0.3, -0.25) is 10.4 Å². The van der Waals surface area contributed by atoms with Crippen molar-refractivity contribution in [2.45, 2.75) is 9.90 Å². The predicted molar refractivity (Wildman–Crippen MR) is 86.6 cm³/mol. The highest BCUT2D eigenvalue weighted by atomic mass is 35.6. The molecule has 0 bridgehead atoms. The lowest BCUT2D eigenvalue weighted by Gasteiger charge is -2.22. The lowest BCUT2D eigenvalue weighted by molar-refractivity contribution is 0.221. The average molecular weight is 364 g/mol. The number of hydrogen-bond donors (Lipinski definition) is 1. The zero-order valence-electron chi connectivity index (χ0n) is 10.6. The maximum atomic E-state index is 7.74. The summed E-state index contributed by atoms with van der Waals surface area (Å²) in [5.74, 6) is -0.474. The van der Waals surface area contributed by atoms with E-state index >= 15 is 0 Å². The van der Waals surface area contributed by atoms with Gasteiger partial charge in [0.1, 0.15) is 0 Å². The summed E-state index contributed by atoms with van der Waals surface area (Å²) in [5, 5.41) is 8.33. The molecule has 0 aliphatic rings. The van der Waals surface area contributed by atoms with Crippen LogP contribution in [0.4, 0.5) is 0 Å². The van der Waals surface area contributed by atoms with E-state index in [1.807, 2.05) is 6.07 Å². The van der Waals surface area contributed by atoms with Crippen molar-refractivity contribution < 1.29 is 4.74 Å². The molecule has 110 valence electrons. The summed E-state index contributed by atoms with van der Waals surface area (Å²) in [5.41, 5.74) is 1.34. The number of nitrogens with one attached hydrogen (secondary N) is 1. The second kappa shape index (κ2) is 6.84. The summed E-state index contributed by atoms with van der Waals surface area (Å²) in [6.45, 7) is 0. The summed E-state index contributed by atoms with van der Waals surface area (Å²) < 4.78 is 3.58. The van der Waals surface area contributed by atoms with Crippen molar-refractivity contribution in [2.24, 2.45) is 0 Å². The molecular weight excluding hydrogens is 354 g/mol. The van der Waals surface area contributed by atoms with Crippen LogP contribution in [0.2, 0.25) is 5.02 Å². The largest absolute Gasteiger partial charge is 0.463 e. The Hall–Kier alpha value is -1.000. The second-order valence-corrected chi connectivity index (χ2v) is 6.85. The fraction of sp³-hybridized carbons (Fsp3) is 0.143. The first-order valence-electron chi connectivity index (χ1n) is 5.86. The Balaban J connectivity index is 2.36. The van der Waals surface area contributed by atoms with Crippen LogP contribution in [0, 0.1) is 5.41 Å². The van der Waals surface area contributed by atoms with Crippen LogP contribution >= 0.6 is 46.4 Å². The Morgan fingerprint density at radius 2 is 1.76 bits per heavy atom. The molecule has 1 unspecified atom stereocenters. The minimum atomic E-state index is -1.93. The summed E-state index contributed by atoms with van der Waals surface area (Å²) in [6, 6.07) is 12.3. The van der Waals surface area contributed by atoms with E-state index in [0.29, 0.717) is 10.7 Å². The van der Waals surface area contributed by atoms with Gasteiger partial charge in [-0.05, 0) is 29.8 Å². The molecule has 0 saturated heterocycles. The second-order valence-electron chi connectivity index (χ2n) is 4.13. The smallest absolute Gasteiger partial charge is 0.265 e. The van der Waals surface area contributed by atoms with Gasteiger partial charge in [-0.1, -0.05) is 64.6 Å². The van der Waals surface area contributed by atoms with Crippen LogP contribution < -0.4 is 0 Å². The van der Waals surface area contributed by atoms with Gasteiger partial charge >= 0.3 is 0 Å². The zero-order chi connectivity index (χ0) is 15.5. The van der Waals surface area contributed by atoms with E-state index in [0.717, 1.165) is 5.56 Å². The summed E-state index contributed by atoms with van der Waals surface area (Å²) in [4.78, 5) is 4.23. The van der Waals surface area contributed by atoms with Gasteiger partial charge in [0.25, 0.3) is 3.79 Å². The van der Waals surface area contributed by atoms with Gasteiger partial charge in [0.2, 0.25) is 5.90 Å². The summed E-state index contributed by atoms with van der Waals surface area (Å²) in [7, 11) is 0. The van der Waals surface area contributed by atoms with E-state index in [9.17, 15) is 0 Å². The SMILES string of the molecule is N=C(OC(c1ccc(Cl)cc1)c1ccccn1)C(Cl)(Cl)Cl. The van der Waals surface area contributed by atoms with Crippen molar-refractivity contribution in [1.29, 1.82) is 5.41 Å². The van der Waals surface area contributed by atoms with Gasteiger partial charge in [0.05, 0.1) is 5.69 Å². The molecule has 7 heteroatoms. The fourth-order valence-electron chi connectivity index (χ4n) is 1.65. The maximum absolute atomic E-state index is 7.74. The first-order chi connectivity index (χ1) is 9.88. The van der Waals surface area contributed by atoms with Crippen molar-refractivity contribution >= 4 is 52.3 Å². The van der Waals surface area contributed by atoms with Crippen molar-refractivity contribution in [1.82, 2.24) is 4.98 Å². The van der Waals surface area contributed by atoms with Gasteiger partial charge in [-0.15, -0.1) is 0 Å². The molecule has 0 spiro atoms. The lowest BCUT2D eigenvalue weighted by Crippen LogP contribution is -2.24. The van der Waals surface area contributed by atoms with Crippen molar-refractivity contribution in [3.05, 3.63) is 64.9 Å². The van der Waals surface area contributed by atoms with Crippen LogP contribution in [-0.4, -0.2) is 14.7 Å². The summed E-state index contributed by atoms with van der Waals surface area (Å²) in [6.07, 6.45) is 0.965. The number of halogens is 4. The number of hydrogen-bond acceptors (Lipinski definition) is 3. The molecule has 1 atom stereocenters. The van der Waals surface area contributed by atoms with Gasteiger partial charge in [0, 0.05) is 11.2 Å². The quantitative estimate of drug-likeness (QED) is 0.463. The van der Waals surface area contributed by atoms with E-state index in [1.54, 1.807) is 42.6 Å². The number of benzene rings is 1. The number of pyridine rings is 1. The van der Waals surface area contributed by atoms with Crippen molar-refractivity contribution in [2.75, 3.05) is 0 Å². The Kier molecular flexibility index (Phi) is 5.33. The number of alkyl halides is 3. The zero-order valence-corrected chi connectivity index (χ0v) is 13.6. The predicted octanol–water partition coefficient (Wildman–Crippen LogP) is 5.19. The molecule has 0 saturated carbocycles. The van der Waals surface area contributed by atoms with Crippen LogP contribution in [0.25, 0.3) is 0 Å². The Bertz CT molecular complexity index is 611. The molecule has 1 heterocycles. The number of aromatic nitrogens is 1. The van der Waals surface area contributed by atoms with E-state index < -0.39 is 15.8 Å². The molecule has 0 fully saturated rings. The monoisotopic (exact) mass is 362 g/mol. The van der Waals surface area contributed by atoms with Crippen LogP contribution in [0.3, 0.4) is 0 Å². The topological polar surface area (TPSA) is 46.0 Å². The Morgan fingerprint density at radius 3 is 2.29 bits per heavy atom. The third kappa shape index (κ3) is 4.48. The van der Waals surface area contributed by atoms with E-state index in [-0.39, 0.29) is 0 Å². The molecule has 2 rings (SSSR count). The normalized spacial score (nSPS) is 12.8. The molecule has 21 heavy (non-hydrogen) atoms. The minimum absolute atomic E-state index is 0.474. The third-order valence-electron chi connectivity index (χ3n) is 2.62. The molecule has 0 amide bonds. The first kappa shape index (κ1) is 16.4. The van der Waals surface area contributed by atoms with E-state index in [2.05, 4.69) is 4.98 Å². The molecule has 1 aromatic carbocycles. The average Bonchev–Trinajstić information content (AvgIpc) is 2.45. The van der Waals surface area contributed by atoms with Crippen molar-refractivity contribution in [3.8, 4) is 0 Å². The van der Waals surface area contributed by atoms with Crippen LogP contribution in [-0.2, 0) is 4.74 Å². The molecular formula is C14H10Cl4N2O. The van der Waals surface area contributed by atoms with Crippen LogP contribution in [0.15, 0.2) is 48.7 Å². The van der Waals surface area contributed by atoms with Gasteiger partial charge in [-0.2, -0.15) is 0 Å². The number of rotatable bonds is 3. The third-order valence-corrected chi connectivity index (χ3v) is 3.39. The van der Waals surface area contributed by atoms with E-state index in [4.69, 9.17) is 56.5 Å². The molecule has 0 radical (unpaired) electrons. The highest BCUT2D eigenvalue weighted by molar-refractivity contribution is 6.76. The highest BCUT2D eigenvalue weighted by Gasteiger charge is 2.32. The molecule has 0 aliphatic heterocycles. The van der Waals surface area contributed by atoms with Crippen LogP contribution in [0.1, 0.15) is 17.4 Å². The fourth-order valence-corrected chi connectivity index (χ4v) is 1.91. The summed E-state index contributed by atoms with van der Waals surface area (Å²) >= 11 is 22.9. The molecule has 0 aliphatic carbocycles. The molecule has 1 N–H and O–H groups in total. The minimum Gasteiger partial charge on any atom is -0.463 e. The molecule has 1 aromatic heterocycles. The molecule has 2 aromatic rings. The van der Waals surface area contributed by atoms with Gasteiger partial charge in [-0.25, -0.2) is 0 Å². The van der Waals surface area contributed by atoms with Crippen molar-refractivity contribution in [3.63, 3.8) is 0 Å². The van der Waals surface area contributed by atoms with E-state index in [1.165, 1.54) is 0 Å². The van der Waals surface area contributed by atoms with Crippen LogP contribution in [0.5, 0.6) is 0 Å². The van der Waals surface area contributed by atoms with Gasteiger partial charge in [0.15, 0.2) is 6.10 Å². The van der Waals surface area contributed by atoms with Gasteiger partial charge < -0.3 is 4.74 Å². The Labute approximate surface area is 142 Å². The number of nitrogens with zero attached hydrogens (tertiary/aromatic N) is 1. The standard InChI is InChI=1S/C14H10Cl4N2O/c15-10-6-4-9(5-7-10)12(11-3-1-2-8-20-11)21-13(19)14(16,17)18/h1-8,12,19H. The highest BCUT2D eigenvalue weighted by Crippen LogP contribution is 2.33. The first-order valence-corrected chi connectivity index (χ1v) is 7.38. The Morgan fingerprint density at radius 1 is 1.10 bits per heavy atom. The maximum Gasteiger partial charge on any atom is 0.265 e.